The fourth-order valence-corrected chi connectivity index (χ4v) is 0.946. The number of rotatable bonds is 3. The molecule has 0 bridgehead atoms. The molecule has 0 aliphatic rings. The number of ether oxygens (including phenoxy) is 1. The highest BCUT2D eigenvalue weighted by molar-refractivity contribution is 5.68. The topological polar surface area (TPSA) is 101 Å². The maximum atomic E-state index is 13.0. The van der Waals surface area contributed by atoms with Crippen molar-refractivity contribution in [2.24, 2.45) is 10.8 Å². The summed E-state index contributed by atoms with van der Waals surface area (Å²) in [6.45, 7) is 0.0475. The van der Waals surface area contributed by atoms with Gasteiger partial charge in [0.15, 0.2) is 11.6 Å². The smallest absolute Gasteiger partial charge is 0.407 e. The molecule has 0 saturated heterocycles. The van der Waals surface area contributed by atoms with Crippen LogP contribution < -0.4 is 10.5 Å². The first-order valence-corrected chi connectivity index (χ1v) is 3.90. The van der Waals surface area contributed by atoms with Crippen molar-refractivity contribution in [2.75, 3.05) is 0 Å². The van der Waals surface area contributed by atoms with Crippen molar-refractivity contribution in [2.45, 2.75) is 6.54 Å². The van der Waals surface area contributed by atoms with E-state index >= 15 is 0 Å². The van der Waals surface area contributed by atoms with E-state index in [4.69, 9.17) is 11.3 Å². The Morgan fingerprint density at radius 3 is 3.00 bits per heavy atom. The third kappa shape index (κ3) is 3.17. The molecule has 15 heavy (non-hydrogen) atoms. The SMILES string of the molecule is [N-]=[N+]=NCc1ccc(F)c(OC(N)=O)c1. The number of carbonyl (C=O) groups is 1. The molecule has 7 heteroatoms. The summed E-state index contributed by atoms with van der Waals surface area (Å²) >= 11 is 0. The highest BCUT2D eigenvalue weighted by atomic mass is 19.1. The Labute approximate surface area is 84.1 Å². The first-order valence-electron chi connectivity index (χ1n) is 3.90. The van der Waals surface area contributed by atoms with Crippen LogP contribution in [-0.4, -0.2) is 6.09 Å². The summed E-state index contributed by atoms with van der Waals surface area (Å²) in [7, 11) is 0. The molecule has 0 spiro atoms. The Kier molecular flexibility index (Phi) is 3.48. The molecule has 0 heterocycles. The quantitative estimate of drug-likeness (QED) is 0.469. The van der Waals surface area contributed by atoms with Crippen LogP contribution in [0.2, 0.25) is 0 Å². The van der Waals surface area contributed by atoms with Gasteiger partial charge < -0.3 is 10.5 Å². The van der Waals surface area contributed by atoms with Crippen molar-refractivity contribution in [1.82, 2.24) is 0 Å². The van der Waals surface area contributed by atoms with E-state index in [1.165, 1.54) is 12.1 Å². The fourth-order valence-electron chi connectivity index (χ4n) is 0.946. The molecule has 0 saturated carbocycles. The van der Waals surface area contributed by atoms with Crippen molar-refractivity contribution in [1.29, 1.82) is 0 Å². The molecular weight excluding hydrogens is 203 g/mol. The average molecular weight is 210 g/mol. The highest BCUT2D eigenvalue weighted by Gasteiger charge is 2.07. The van der Waals surface area contributed by atoms with Crippen molar-refractivity contribution >= 4 is 6.09 Å². The second-order valence-electron chi connectivity index (χ2n) is 2.57. The van der Waals surface area contributed by atoms with E-state index < -0.39 is 11.9 Å². The van der Waals surface area contributed by atoms with E-state index in [2.05, 4.69) is 14.8 Å². The minimum atomic E-state index is -1.10. The van der Waals surface area contributed by atoms with Crippen LogP contribution >= 0.6 is 0 Å². The number of nitrogens with two attached hydrogens (primary N) is 1. The van der Waals surface area contributed by atoms with Crippen LogP contribution in [0.1, 0.15) is 5.56 Å². The van der Waals surface area contributed by atoms with E-state index in [0.717, 1.165) is 6.07 Å². The Morgan fingerprint density at radius 2 is 2.40 bits per heavy atom. The van der Waals surface area contributed by atoms with E-state index in [9.17, 15) is 9.18 Å². The minimum absolute atomic E-state index is 0.0475. The molecule has 1 aromatic rings. The number of halogens is 1. The molecule has 1 amide bonds. The predicted octanol–water partition coefficient (Wildman–Crippen LogP) is 2.09. The van der Waals surface area contributed by atoms with Crippen LogP contribution in [0.15, 0.2) is 23.3 Å². The molecule has 0 aromatic heterocycles. The molecule has 0 aliphatic heterocycles. The first-order chi connectivity index (χ1) is 7.13. The van der Waals surface area contributed by atoms with Crippen LogP contribution in [-0.2, 0) is 6.54 Å². The maximum absolute atomic E-state index is 13.0. The fraction of sp³-hybridized carbons (Fsp3) is 0.125. The van der Waals surface area contributed by atoms with E-state index in [1.54, 1.807) is 0 Å². The van der Waals surface area contributed by atoms with Crippen LogP contribution in [0, 0.1) is 5.82 Å². The Morgan fingerprint density at radius 1 is 1.67 bits per heavy atom. The highest BCUT2D eigenvalue weighted by Crippen LogP contribution is 2.19. The minimum Gasteiger partial charge on any atom is -0.407 e. The van der Waals surface area contributed by atoms with Gasteiger partial charge in [0.2, 0.25) is 0 Å². The number of nitrogens with zero attached hydrogens (tertiary/aromatic N) is 3. The lowest BCUT2D eigenvalue weighted by molar-refractivity contribution is 0.208. The zero-order valence-electron chi connectivity index (χ0n) is 7.55. The molecule has 78 valence electrons. The maximum Gasteiger partial charge on any atom is 0.410 e. The van der Waals surface area contributed by atoms with Gasteiger partial charge in [0, 0.05) is 4.91 Å². The van der Waals surface area contributed by atoms with Crippen molar-refractivity contribution in [3.63, 3.8) is 0 Å². The van der Waals surface area contributed by atoms with Gasteiger partial charge in [0.05, 0.1) is 6.54 Å². The summed E-state index contributed by atoms with van der Waals surface area (Å²) < 4.78 is 17.4. The van der Waals surface area contributed by atoms with Gasteiger partial charge in [0.25, 0.3) is 0 Å². The van der Waals surface area contributed by atoms with E-state index in [0.29, 0.717) is 5.56 Å². The molecular formula is C8H7FN4O2. The summed E-state index contributed by atoms with van der Waals surface area (Å²) in [5, 5.41) is 3.28. The van der Waals surface area contributed by atoms with Crippen LogP contribution in [0.3, 0.4) is 0 Å². The first kappa shape index (κ1) is 10.8. The molecule has 6 nitrogen and oxygen atoms in total. The number of amides is 1. The number of azide groups is 1. The summed E-state index contributed by atoms with van der Waals surface area (Å²) in [6, 6.07) is 3.76. The molecule has 0 aliphatic carbocycles. The van der Waals surface area contributed by atoms with E-state index in [-0.39, 0.29) is 12.3 Å². The van der Waals surface area contributed by atoms with Gasteiger partial charge in [-0.1, -0.05) is 11.2 Å². The summed E-state index contributed by atoms with van der Waals surface area (Å²) in [5.41, 5.74) is 13.3. The van der Waals surface area contributed by atoms with Gasteiger partial charge in [-0.05, 0) is 23.2 Å². The standard InChI is InChI=1S/C8H7FN4O2/c9-6-2-1-5(4-12-13-11)3-7(6)15-8(10)14/h1-3H,4H2,(H2,10,14). The van der Waals surface area contributed by atoms with Crippen molar-refractivity contribution in [3.05, 3.63) is 40.0 Å². The summed E-state index contributed by atoms with van der Waals surface area (Å²) in [5.74, 6) is -0.994. The second kappa shape index (κ2) is 4.83. The van der Waals surface area contributed by atoms with Crippen LogP contribution in [0.25, 0.3) is 10.4 Å². The van der Waals surface area contributed by atoms with Gasteiger partial charge in [-0.25, -0.2) is 9.18 Å². The molecule has 1 rings (SSSR count). The van der Waals surface area contributed by atoms with Gasteiger partial charge in [-0.15, -0.1) is 0 Å². The number of hydrogen-bond acceptors (Lipinski definition) is 3. The lowest BCUT2D eigenvalue weighted by atomic mass is 10.2. The zero-order chi connectivity index (χ0) is 11.3. The molecule has 0 unspecified atom stereocenters. The Balaban J connectivity index is 2.93. The second-order valence-corrected chi connectivity index (χ2v) is 2.57. The van der Waals surface area contributed by atoms with Crippen molar-refractivity contribution in [3.8, 4) is 5.75 Å². The van der Waals surface area contributed by atoms with Gasteiger partial charge in [-0.3, -0.25) is 0 Å². The third-order valence-electron chi connectivity index (χ3n) is 1.52. The zero-order valence-corrected chi connectivity index (χ0v) is 7.55. The summed E-state index contributed by atoms with van der Waals surface area (Å²) in [4.78, 5) is 12.9. The third-order valence-corrected chi connectivity index (χ3v) is 1.52. The largest absolute Gasteiger partial charge is 0.410 e. The number of benzene rings is 1. The molecule has 0 radical (unpaired) electrons. The molecule has 0 atom stereocenters. The Bertz CT molecular complexity index is 429. The predicted molar refractivity (Wildman–Crippen MR) is 49.5 cm³/mol. The van der Waals surface area contributed by atoms with Gasteiger partial charge >= 0.3 is 6.09 Å². The van der Waals surface area contributed by atoms with Crippen LogP contribution in [0.5, 0.6) is 5.75 Å². The molecule has 0 fully saturated rings. The molecule has 1 aromatic carbocycles. The van der Waals surface area contributed by atoms with Crippen LogP contribution in [0.4, 0.5) is 9.18 Å². The lowest BCUT2D eigenvalue weighted by Gasteiger charge is -2.03. The number of carbonyl (C=O) groups excluding carboxylic acids is 1. The van der Waals surface area contributed by atoms with Gasteiger partial charge in [0.1, 0.15) is 0 Å². The van der Waals surface area contributed by atoms with E-state index in [1.807, 2.05) is 0 Å². The number of hydrogen-bond donors (Lipinski definition) is 1. The summed E-state index contributed by atoms with van der Waals surface area (Å²) in [6.07, 6.45) is -1.10. The normalized spacial score (nSPS) is 9.13. The van der Waals surface area contributed by atoms with Crippen molar-refractivity contribution < 1.29 is 13.9 Å². The molecule has 2 N–H and O–H groups in total. The average Bonchev–Trinajstić information content (AvgIpc) is 2.18. The monoisotopic (exact) mass is 210 g/mol. The number of primary amides is 1. The lowest BCUT2D eigenvalue weighted by Crippen LogP contribution is -2.17. The van der Waals surface area contributed by atoms with Gasteiger partial charge in [-0.2, -0.15) is 0 Å². The Hall–Kier alpha value is -2.27.